The normalized spacial score (nSPS) is 14.1. The third-order valence-electron chi connectivity index (χ3n) is 4.33. The van der Waals surface area contributed by atoms with Crippen LogP contribution in [0.4, 0.5) is 5.69 Å². The van der Waals surface area contributed by atoms with Crippen LogP contribution in [0.2, 0.25) is 0 Å². The predicted molar refractivity (Wildman–Crippen MR) is 95.9 cm³/mol. The Labute approximate surface area is 146 Å². The Balaban J connectivity index is 1.37. The second-order valence-corrected chi connectivity index (χ2v) is 6.05. The molecule has 0 radical (unpaired) electrons. The molecular weight excluding hydrogens is 314 g/mol. The fraction of sp³-hybridized carbons (Fsp3) is 0.200. The van der Waals surface area contributed by atoms with Gasteiger partial charge in [0.2, 0.25) is 5.91 Å². The summed E-state index contributed by atoms with van der Waals surface area (Å²) in [6.07, 6.45) is 5.26. The zero-order valence-corrected chi connectivity index (χ0v) is 13.8. The summed E-state index contributed by atoms with van der Waals surface area (Å²) in [6, 6.07) is 17.7. The van der Waals surface area contributed by atoms with Crippen LogP contribution in [0, 0.1) is 0 Å². The summed E-state index contributed by atoms with van der Waals surface area (Å²) >= 11 is 0. The molecule has 0 N–H and O–H groups in total. The number of nitrogens with zero attached hydrogens (tertiary/aromatic N) is 3. The highest BCUT2D eigenvalue weighted by atomic mass is 16.5. The molecule has 1 aliphatic rings. The van der Waals surface area contributed by atoms with E-state index in [-0.39, 0.29) is 5.91 Å². The van der Waals surface area contributed by atoms with Crippen molar-refractivity contribution < 1.29 is 9.53 Å². The van der Waals surface area contributed by atoms with Crippen molar-refractivity contribution in [2.24, 2.45) is 0 Å². The van der Waals surface area contributed by atoms with Crippen molar-refractivity contribution in [3.8, 4) is 11.4 Å². The molecule has 1 fully saturated rings. The average Bonchev–Trinajstić information content (AvgIpc) is 3.33. The van der Waals surface area contributed by atoms with Gasteiger partial charge < -0.3 is 9.64 Å². The van der Waals surface area contributed by atoms with Gasteiger partial charge in [-0.1, -0.05) is 12.1 Å². The number of aromatic nitrogens is 2. The SMILES string of the molecule is O=C1CCCN1c1ccc(OCc2ccc(-n3cccn3)cc2)cc1. The molecular formula is C20H19N3O2. The van der Waals surface area contributed by atoms with Crippen molar-refractivity contribution in [3.05, 3.63) is 72.6 Å². The lowest BCUT2D eigenvalue weighted by atomic mass is 10.2. The summed E-state index contributed by atoms with van der Waals surface area (Å²) in [5, 5.41) is 4.21. The number of hydrogen-bond acceptors (Lipinski definition) is 3. The number of rotatable bonds is 5. The van der Waals surface area contributed by atoms with E-state index in [0.29, 0.717) is 13.0 Å². The molecule has 1 aromatic heterocycles. The molecule has 25 heavy (non-hydrogen) atoms. The number of hydrogen-bond donors (Lipinski definition) is 0. The van der Waals surface area contributed by atoms with Gasteiger partial charge in [0.1, 0.15) is 12.4 Å². The fourth-order valence-electron chi connectivity index (χ4n) is 2.98. The predicted octanol–water partition coefficient (Wildman–Crippen LogP) is 3.58. The van der Waals surface area contributed by atoms with Gasteiger partial charge in [0.15, 0.2) is 0 Å². The van der Waals surface area contributed by atoms with E-state index in [0.717, 1.165) is 35.7 Å². The van der Waals surface area contributed by atoms with Crippen LogP contribution in [0.25, 0.3) is 5.69 Å². The Kier molecular flexibility index (Phi) is 4.21. The molecule has 0 bridgehead atoms. The van der Waals surface area contributed by atoms with Gasteiger partial charge in [-0.05, 0) is 54.4 Å². The summed E-state index contributed by atoms with van der Waals surface area (Å²) in [4.78, 5) is 13.6. The monoisotopic (exact) mass is 333 g/mol. The summed E-state index contributed by atoms with van der Waals surface area (Å²) in [5.41, 5.74) is 3.06. The lowest BCUT2D eigenvalue weighted by molar-refractivity contribution is -0.117. The molecule has 0 aliphatic carbocycles. The minimum absolute atomic E-state index is 0.200. The smallest absolute Gasteiger partial charge is 0.227 e. The first-order valence-corrected chi connectivity index (χ1v) is 8.42. The molecule has 0 spiro atoms. The fourth-order valence-corrected chi connectivity index (χ4v) is 2.98. The minimum Gasteiger partial charge on any atom is -0.489 e. The van der Waals surface area contributed by atoms with Crippen LogP contribution in [-0.2, 0) is 11.4 Å². The molecule has 126 valence electrons. The number of amides is 1. The van der Waals surface area contributed by atoms with E-state index in [1.165, 1.54) is 0 Å². The third-order valence-corrected chi connectivity index (χ3v) is 4.33. The number of carbonyl (C=O) groups excluding carboxylic acids is 1. The highest BCUT2D eigenvalue weighted by Crippen LogP contribution is 2.24. The standard InChI is InChI=1S/C20H19N3O2/c24-20-3-1-13-22(20)17-8-10-19(11-9-17)25-15-16-4-6-18(7-5-16)23-14-2-12-21-23/h2,4-12,14H,1,3,13,15H2. The maximum atomic E-state index is 11.8. The van der Waals surface area contributed by atoms with Gasteiger partial charge in [-0.3, -0.25) is 4.79 Å². The molecule has 4 rings (SSSR count). The topological polar surface area (TPSA) is 47.4 Å². The minimum atomic E-state index is 0.200. The summed E-state index contributed by atoms with van der Waals surface area (Å²) in [5.74, 6) is 0.998. The number of ether oxygens (including phenoxy) is 1. The van der Waals surface area contributed by atoms with Gasteiger partial charge >= 0.3 is 0 Å². The van der Waals surface area contributed by atoms with E-state index < -0.39 is 0 Å². The van der Waals surface area contributed by atoms with Crippen molar-refractivity contribution in [2.75, 3.05) is 11.4 Å². The van der Waals surface area contributed by atoms with E-state index in [2.05, 4.69) is 5.10 Å². The van der Waals surface area contributed by atoms with Gasteiger partial charge in [0.05, 0.1) is 5.69 Å². The van der Waals surface area contributed by atoms with Crippen LogP contribution >= 0.6 is 0 Å². The summed E-state index contributed by atoms with van der Waals surface area (Å²) < 4.78 is 7.66. The van der Waals surface area contributed by atoms with Crippen LogP contribution in [0.1, 0.15) is 18.4 Å². The van der Waals surface area contributed by atoms with Gasteiger partial charge in [0.25, 0.3) is 0 Å². The highest BCUT2D eigenvalue weighted by Gasteiger charge is 2.21. The first-order chi connectivity index (χ1) is 12.3. The first-order valence-electron chi connectivity index (χ1n) is 8.42. The quantitative estimate of drug-likeness (QED) is 0.717. The maximum Gasteiger partial charge on any atom is 0.227 e. The van der Waals surface area contributed by atoms with Crippen molar-refractivity contribution in [3.63, 3.8) is 0 Å². The maximum absolute atomic E-state index is 11.8. The Morgan fingerprint density at radius 3 is 2.40 bits per heavy atom. The number of anilines is 1. The second-order valence-electron chi connectivity index (χ2n) is 6.05. The van der Waals surface area contributed by atoms with Crippen LogP contribution in [0.15, 0.2) is 67.0 Å². The lowest BCUT2D eigenvalue weighted by Crippen LogP contribution is -2.23. The van der Waals surface area contributed by atoms with Gasteiger partial charge in [-0.2, -0.15) is 5.10 Å². The molecule has 0 atom stereocenters. The molecule has 1 amide bonds. The van der Waals surface area contributed by atoms with Gasteiger partial charge in [-0.25, -0.2) is 4.68 Å². The largest absolute Gasteiger partial charge is 0.489 e. The summed E-state index contributed by atoms with van der Waals surface area (Å²) in [7, 11) is 0. The Bertz CT molecular complexity index is 840. The van der Waals surface area contributed by atoms with Crippen molar-refractivity contribution in [1.82, 2.24) is 9.78 Å². The highest BCUT2D eigenvalue weighted by molar-refractivity contribution is 5.95. The second kappa shape index (κ2) is 6.81. The van der Waals surface area contributed by atoms with Crippen LogP contribution < -0.4 is 9.64 Å². The molecule has 3 aromatic rings. The summed E-state index contributed by atoms with van der Waals surface area (Å²) in [6.45, 7) is 1.31. The molecule has 5 heteroatoms. The third kappa shape index (κ3) is 3.40. The van der Waals surface area contributed by atoms with E-state index in [4.69, 9.17) is 4.74 Å². The Hall–Kier alpha value is -3.08. The Morgan fingerprint density at radius 2 is 1.76 bits per heavy atom. The van der Waals surface area contributed by atoms with Crippen LogP contribution in [0.5, 0.6) is 5.75 Å². The Morgan fingerprint density at radius 1 is 1.00 bits per heavy atom. The van der Waals surface area contributed by atoms with Gasteiger partial charge in [-0.15, -0.1) is 0 Å². The van der Waals surface area contributed by atoms with Crippen LogP contribution in [-0.4, -0.2) is 22.2 Å². The molecule has 0 saturated carbocycles. The van der Waals surface area contributed by atoms with Crippen molar-refractivity contribution in [1.29, 1.82) is 0 Å². The molecule has 5 nitrogen and oxygen atoms in total. The van der Waals surface area contributed by atoms with E-state index in [1.54, 1.807) is 6.20 Å². The molecule has 1 saturated heterocycles. The van der Waals surface area contributed by atoms with Crippen LogP contribution in [0.3, 0.4) is 0 Å². The van der Waals surface area contributed by atoms with E-state index >= 15 is 0 Å². The molecule has 2 heterocycles. The first kappa shape index (κ1) is 15.4. The number of benzene rings is 2. The molecule has 0 unspecified atom stereocenters. The van der Waals surface area contributed by atoms with Crippen molar-refractivity contribution >= 4 is 11.6 Å². The number of carbonyl (C=O) groups is 1. The molecule has 2 aromatic carbocycles. The average molecular weight is 333 g/mol. The lowest BCUT2D eigenvalue weighted by Gasteiger charge is -2.16. The molecule has 1 aliphatic heterocycles. The van der Waals surface area contributed by atoms with Crippen molar-refractivity contribution in [2.45, 2.75) is 19.4 Å². The van der Waals surface area contributed by atoms with E-state index in [9.17, 15) is 4.79 Å². The zero-order valence-electron chi connectivity index (χ0n) is 13.8. The zero-order chi connectivity index (χ0) is 17.1. The van der Waals surface area contributed by atoms with E-state index in [1.807, 2.05) is 70.4 Å². The van der Waals surface area contributed by atoms with Gasteiger partial charge in [0, 0.05) is 31.0 Å².